The van der Waals surface area contributed by atoms with Crippen molar-refractivity contribution >= 4 is 44.2 Å². The summed E-state index contributed by atoms with van der Waals surface area (Å²) >= 11 is 1.58. The van der Waals surface area contributed by atoms with E-state index < -0.39 is 0 Å². The summed E-state index contributed by atoms with van der Waals surface area (Å²) in [6, 6.07) is 23.6. The SMILES string of the molecule is O=C(COCc1nc2ccccc2s1)Nc1ccc(-n2cnc3ccccc32)cc1. The maximum atomic E-state index is 12.2. The Morgan fingerprint density at radius 1 is 0.967 bits per heavy atom. The van der Waals surface area contributed by atoms with E-state index in [2.05, 4.69) is 15.3 Å². The predicted octanol–water partition coefficient (Wildman–Crippen LogP) is 4.79. The van der Waals surface area contributed by atoms with E-state index in [0.717, 1.165) is 37.6 Å². The maximum absolute atomic E-state index is 12.2. The second kappa shape index (κ2) is 8.06. The molecule has 3 aromatic carbocycles. The number of rotatable bonds is 6. The van der Waals surface area contributed by atoms with Gasteiger partial charge < -0.3 is 10.1 Å². The molecule has 0 radical (unpaired) electrons. The highest BCUT2D eigenvalue weighted by Gasteiger charge is 2.08. The van der Waals surface area contributed by atoms with Crippen molar-refractivity contribution in [3.05, 3.63) is 84.1 Å². The first-order valence-electron chi connectivity index (χ1n) is 9.51. The molecule has 148 valence electrons. The Morgan fingerprint density at radius 2 is 1.73 bits per heavy atom. The number of thiazole rings is 1. The summed E-state index contributed by atoms with van der Waals surface area (Å²) in [7, 11) is 0. The fourth-order valence-electron chi connectivity index (χ4n) is 3.28. The van der Waals surface area contributed by atoms with Crippen LogP contribution in [0.25, 0.3) is 26.9 Å². The number of anilines is 1. The minimum Gasteiger partial charge on any atom is -0.364 e. The van der Waals surface area contributed by atoms with Crippen LogP contribution in [0.3, 0.4) is 0 Å². The Balaban J connectivity index is 1.18. The highest BCUT2D eigenvalue weighted by Crippen LogP contribution is 2.22. The monoisotopic (exact) mass is 414 g/mol. The molecule has 5 aromatic rings. The number of nitrogens with zero attached hydrogens (tertiary/aromatic N) is 3. The van der Waals surface area contributed by atoms with Crippen molar-refractivity contribution in [2.75, 3.05) is 11.9 Å². The summed E-state index contributed by atoms with van der Waals surface area (Å²) in [5, 5.41) is 3.72. The molecule has 2 heterocycles. The van der Waals surface area contributed by atoms with Crippen LogP contribution in [0.2, 0.25) is 0 Å². The average Bonchev–Trinajstić information content (AvgIpc) is 3.38. The highest BCUT2D eigenvalue weighted by molar-refractivity contribution is 7.18. The van der Waals surface area contributed by atoms with Gasteiger partial charge >= 0.3 is 0 Å². The summed E-state index contributed by atoms with van der Waals surface area (Å²) in [4.78, 5) is 21.1. The number of hydrogen-bond acceptors (Lipinski definition) is 5. The Bertz CT molecular complexity index is 1290. The Kier molecular flexibility index (Phi) is 4.96. The maximum Gasteiger partial charge on any atom is 0.250 e. The van der Waals surface area contributed by atoms with Crippen LogP contribution >= 0.6 is 11.3 Å². The number of amides is 1. The lowest BCUT2D eigenvalue weighted by molar-refractivity contribution is -0.121. The Hall–Kier alpha value is -3.55. The minimum absolute atomic E-state index is 0.0240. The van der Waals surface area contributed by atoms with E-state index in [9.17, 15) is 4.79 Å². The minimum atomic E-state index is -0.197. The molecule has 0 spiro atoms. The highest BCUT2D eigenvalue weighted by atomic mass is 32.1. The zero-order valence-corrected chi connectivity index (χ0v) is 16.8. The number of hydrogen-bond donors (Lipinski definition) is 1. The lowest BCUT2D eigenvalue weighted by Crippen LogP contribution is -2.18. The van der Waals surface area contributed by atoms with Gasteiger partial charge in [-0.3, -0.25) is 9.36 Å². The van der Waals surface area contributed by atoms with Gasteiger partial charge in [0.05, 0.1) is 27.9 Å². The van der Waals surface area contributed by atoms with Crippen LogP contribution in [-0.4, -0.2) is 27.0 Å². The second-order valence-electron chi connectivity index (χ2n) is 6.77. The third-order valence-corrected chi connectivity index (χ3v) is 5.69. The van der Waals surface area contributed by atoms with Crippen LogP contribution < -0.4 is 5.32 Å². The van der Waals surface area contributed by atoms with E-state index in [-0.39, 0.29) is 12.5 Å². The number of imidazole rings is 1. The summed E-state index contributed by atoms with van der Waals surface area (Å²) in [5.41, 5.74) is 4.64. The molecule has 6 nitrogen and oxygen atoms in total. The third-order valence-electron chi connectivity index (χ3n) is 4.68. The molecular formula is C23H18N4O2S. The summed E-state index contributed by atoms with van der Waals surface area (Å²) in [5.74, 6) is -0.197. The largest absolute Gasteiger partial charge is 0.364 e. The van der Waals surface area contributed by atoms with Crippen molar-refractivity contribution in [1.29, 1.82) is 0 Å². The number of fused-ring (bicyclic) bond motifs is 2. The van der Waals surface area contributed by atoms with E-state index in [0.29, 0.717) is 6.61 Å². The summed E-state index contributed by atoms with van der Waals surface area (Å²) < 4.78 is 8.67. The predicted molar refractivity (Wildman–Crippen MR) is 119 cm³/mol. The van der Waals surface area contributed by atoms with Crippen molar-refractivity contribution in [3.8, 4) is 5.69 Å². The zero-order chi connectivity index (χ0) is 20.3. The molecule has 0 bridgehead atoms. The summed E-state index contributed by atoms with van der Waals surface area (Å²) in [6.07, 6.45) is 1.80. The van der Waals surface area contributed by atoms with Gasteiger partial charge in [0.1, 0.15) is 17.9 Å². The van der Waals surface area contributed by atoms with E-state index in [1.807, 2.05) is 77.4 Å². The second-order valence-corrected chi connectivity index (χ2v) is 7.88. The standard InChI is InChI=1S/C23H18N4O2S/c28-22(13-29-14-23-26-19-6-2-4-8-21(19)30-23)25-16-9-11-17(12-10-16)27-15-24-18-5-1-3-7-20(18)27/h1-12,15H,13-14H2,(H,25,28). The molecule has 0 atom stereocenters. The van der Waals surface area contributed by atoms with Gasteiger partial charge in [-0.25, -0.2) is 9.97 Å². The molecule has 0 aliphatic heterocycles. The molecule has 1 amide bonds. The van der Waals surface area contributed by atoms with Crippen LogP contribution in [0.5, 0.6) is 0 Å². The van der Waals surface area contributed by atoms with Crippen LogP contribution in [-0.2, 0) is 16.1 Å². The van der Waals surface area contributed by atoms with Crippen molar-refractivity contribution in [2.24, 2.45) is 0 Å². The molecule has 0 unspecified atom stereocenters. The van der Waals surface area contributed by atoms with E-state index >= 15 is 0 Å². The van der Waals surface area contributed by atoms with E-state index in [1.165, 1.54) is 0 Å². The van der Waals surface area contributed by atoms with Crippen LogP contribution in [0.15, 0.2) is 79.1 Å². The smallest absolute Gasteiger partial charge is 0.250 e. The average molecular weight is 414 g/mol. The van der Waals surface area contributed by atoms with E-state index in [4.69, 9.17) is 4.74 Å². The molecular weight excluding hydrogens is 396 g/mol. The molecule has 0 saturated heterocycles. The van der Waals surface area contributed by atoms with Crippen LogP contribution in [0.4, 0.5) is 5.69 Å². The van der Waals surface area contributed by atoms with Gasteiger partial charge in [0.2, 0.25) is 5.91 Å². The summed E-state index contributed by atoms with van der Waals surface area (Å²) in [6.45, 7) is 0.295. The van der Waals surface area contributed by atoms with Gasteiger partial charge in [-0.15, -0.1) is 11.3 Å². The fraction of sp³-hybridized carbons (Fsp3) is 0.0870. The molecule has 0 aliphatic carbocycles. The molecule has 30 heavy (non-hydrogen) atoms. The van der Waals surface area contributed by atoms with Crippen molar-refractivity contribution in [2.45, 2.75) is 6.61 Å². The number of benzene rings is 3. The van der Waals surface area contributed by atoms with Crippen LogP contribution in [0.1, 0.15) is 5.01 Å². The molecule has 1 N–H and O–H groups in total. The molecule has 5 rings (SSSR count). The molecule has 2 aromatic heterocycles. The molecule has 7 heteroatoms. The quantitative estimate of drug-likeness (QED) is 0.434. The van der Waals surface area contributed by atoms with Gasteiger partial charge in [0, 0.05) is 11.4 Å². The van der Waals surface area contributed by atoms with Crippen molar-refractivity contribution < 1.29 is 9.53 Å². The lowest BCUT2D eigenvalue weighted by atomic mass is 10.2. The van der Waals surface area contributed by atoms with Gasteiger partial charge in [0.15, 0.2) is 0 Å². The first-order valence-corrected chi connectivity index (χ1v) is 10.3. The first kappa shape index (κ1) is 18.5. The van der Waals surface area contributed by atoms with Gasteiger partial charge in [-0.2, -0.15) is 0 Å². The number of ether oxygens (including phenoxy) is 1. The normalized spacial score (nSPS) is 11.2. The Labute approximate surface area is 176 Å². The van der Waals surface area contributed by atoms with Gasteiger partial charge in [0.25, 0.3) is 0 Å². The lowest BCUT2D eigenvalue weighted by Gasteiger charge is -2.08. The molecule has 0 saturated carbocycles. The van der Waals surface area contributed by atoms with Gasteiger partial charge in [-0.1, -0.05) is 24.3 Å². The zero-order valence-electron chi connectivity index (χ0n) is 16.0. The number of carbonyl (C=O) groups is 1. The molecule has 0 fully saturated rings. The topological polar surface area (TPSA) is 69.0 Å². The van der Waals surface area contributed by atoms with Crippen molar-refractivity contribution in [1.82, 2.24) is 14.5 Å². The first-order chi connectivity index (χ1) is 14.8. The third kappa shape index (κ3) is 3.80. The number of aromatic nitrogens is 3. The number of para-hydroxylation sites is 3. The van der Waals surface area contributed by atoms with Crippen molar-refractivity contribution in [3.63, 3.8) is 0 Å². The fourth-order valence-corrected chi connectivity index (χ4v) is 4.19. The van der Waals surface area contributed by atoms with Gasteiger partial charge in [-0.05, 0) is 48.5 Å². The number of carbonyl (C=O) groups excluding carboxylic acids is 1. The molecule has 0 aliphatic rings. The van der Waals surface area contributed by atoms with E-state index in [1.54, 1.807) is 17.7 Å². The Morgan fingerprint density at radius 3 is 2.57 bits per heavy atom. The number of nitrogens with one attached hydrogen (secondary N) is 1. The van der Waals surface area contributed by atoms with Crippen LogP contribution in [0, 0.1) is 0 Å².